The van der Waals surface area contributed by atoms with Crippen LogP contribution in [0.5, 0.6) is 0 Å². The minimum absolute atomic E-state index is 0.0874. The monoisotopic (exact) mass is 305 g/mol. The Kier molecular flexibility index (Phi) is 5.38. The molecule has 6 heteroatoms. The third-order valence-corrected chi connectivity index (χ3v) is 3.76. The smallest absolute Gasteiger partial charge is 0.254 e. The predicted molar refractivity (Wildman–Crippen MR) is 82.2 cm³/mol. The number of aromatic nitrogens is 2. The van der Waals surface area contributed by atoms with Crippen molar-refractivity contribution in [3.63, 3.8) is 0 Å². The Morgan fingerprint density at radius 2 is 2.29 bits per heavy atom. The van der Waals surface area contributed by atoms with Gasteiger partial charge in [0.25, 0.3) is 5.91 Å². The third-order valence-electron chi connectivity index (χ3n) is 2.72. The zero-order valence-electron chi connectivity index (χ0n) is 12.4. The van der Waals surface area contributed by atoms with Crippen molar-refractivity contribution in [3.05, 3.63) is 41.4 Å². The standard InChI is InChI=1S/C15H19N3O2S/c1-10(2)8-17-14(19)13-5-4-6-16-15(13)21-9-12-7-11(3)20-18-12/h4-7,10H,8-9H2,1-3H3,(H,17,19). The first-order valence-corrected chi connectivity index (χ1v) is 7.83. The van der Waals surface area contributed by atoms with E-state index in [4.69, 9.17) is 4.52 Å². The summed E-state index contributed by atoms with van der Waals surface area (Å²) in [4.78, 5) is 16.5. The molecule has 0 aliphatic rings. The molecule has 21 heavy (non-hydrogen) atoms. The van der Waals surface area contributed by atoms with Gasteiger partial charge in [-0.2, -0.15) is 0 Å². The highest BCUT2D eigenvalue weighted by molar-refractivity contribution is 7.98. The molecule has 5 nitrogen and oxygen atoms in total. The lowest BCUT2D eigenvalue weighted by molar-refractivity contribution is 0.0945. The molecular weight excluding hydrogens is 286 g/mol. The van der Waals surface area contributed by atoms with Gasteiger partial charge in [0.2, 0.25) is 0 Å². The van der Waals surface area contributed by atoms with Crippen LogP contribution in [-0.2, 0) is 5.75 Å². The highest BCUT2D eigenvalue weighted by Gasteiger charge is 2.13. The van der Waals surface area contributed by atoms with Crippen molar-refractivity contribution in [3.8, 4) is 0 Å². The van der Waals surface area contributed by atoms with E-state index in [-0.39, 0.29) is 5.91 Å². The Hall–Kier alpha value is -1.82. The number of aryl methyl sites for hydroxylation is 1. The maximum Gasteiger partial charge on any atom is 0.254 e. The molecular formula is C15H19N3O2S. The second-order valence-corrected chi connectivity index (χ2v) is 6.14. The lowest BCUT2D eigenvalue weighted by atomic mass is 10.2. The van der Waals surface area contributed by atoms with Crippen molar-refractivity contribution in [2.45, 2.75) is 31.6 Å². The van der Waals surface area contributed by atoms with Gasteiger partial charge in [-0.05, 0) is 25.0 Å². The summed E-state index contributed by atoms with van der Waals surface area (Å²) in [5, 5.41) is 7.56. The van der Waals surface area contributed by atoms with Crippen LogP contribution in [0.2, 0.25) is 0 Å². The molecule has 0 saturated heterocycles. The SMILES string of the molecule is Cc1cc(CSc2ncccc2C(=O)NCC(C)C)no1. The summed E-state index contributed by atoms with van der Waals surface area (Å²) in [5.41, 5.74) is 1.44. The molecule has 0 aliphatic heterocycles. The highest BCUT2D eigenvalue weighted by atomic mass is 32.2. The molecule has 0 spiro atoms. The molecule has 0 aliphatic carbocycles. The summed E-state index contributed by atoms with van der Waals surface area (Å²) in [6.07, 6.45) is 1.69. The van der Waals surface area contributed by atoms with E-state index in [1.807, 2.05) is 13.0 Å². The van der Waals surface area contributed by atoms with E-state index in [0.29, 0.717) is 28.8 Å². The van der Waals surface area contributed by atoms with E-state index < -0.39 is 0 Å². The number of carbonyl (C=O) groups is 1. The Labute approximate surface area is 128 Å². The van der Waals surface area contributed by atoms with Gasteiger partial charge in [0.1, 0.15) is 10.8 Å². The van der Waals surface area contributed by atoms with E-state index >= 15 is 0 Å². The lowest BCUT2D eigenvalue weighted by Crippen LogP contribution is -2.27. The van der Waals surface area contributed by atoms with Gasteiger partial charge in [0.05, 0.1) is 11.3 Å². The molecule has 1 N–H and O–H groups in total. The van der Waals surface area contributed by atoms with Crippen LogP contribution >= 0.6 is 11.8 Å². The summed E-state index contributed by atoms with van der Waals surface area (Å²) >= 11 is 1.48. The topological polar surface area (TPSA) is 68.0 Å². The number of pyridine rings is 1. The van der Waals surface area contributed by atoms with E-state index in [0.717, 1.165) is 11.5 Å². The molecule has 0 saturated carbocycles. The largest absolute Gasteiger partial charge is 0.361 e. The molecule has 0 aromatic carbocycles. The van der Waals surface area contributed by atoms with Crippen LogP contribution in [0.4, 0.5) is 0 Å². The van der Waals surface area contributed by atoms with Gasteiger partial charge in [-0.25, -0.2) is 4.98 Å². The number of nitrogens with one attached hydrogen (secondary N) is 1. The normalized spacial score (nSPS) is 10.9. The van der Waals surface area contributed by atoms with Crippen LogP contribution in [-0.4, -0.2) is 22.6 Å². The van der Waals surface area contributed by atoms with Gasteiger partial charge in [0.15, 0.2) is 0 Å². The average molecular weight is 305 g/mol. The summed E-state index contributed by atoms with van der Waals surface area (Å²) in [6, 6.07) is 5.45. The van der Waals surface area contributed by atoms with E-state index in [1.54, 1.807) is 18.3 Å². The first-order chi connectivity index (χ1) is 10.1. The quantitative estimate of drug-likeness (QED) is 0.831. The van der Waals surface area contributed by atoms with Crippen LogP contribution in [0.1, 0.15) is 35.7 Å². The molecule has 0 fully saturated rings. The highest BCUT2D eigenvalue weighted by Crippen LogP contribution is 2.24. The zero-order chi connectivity index (χ0) is 15.2. The van der Waals surface area contributed by atoms with Crippen LogP contribution in [0.15, 0.2) is 33.9 Å². The number of hydrogen-bond acceptors (Lipinski definition) is 5. The molecule has 0 unspecified atom stereocenters. The van der Waals surface area contributed by atoms with E-state index in [1.165, 1.54) is 11.8 Å². The summed E-state index contributed by atoms with van der Waals surface area (Å²) in [7, 11) is 0. The molecule has 0 bridgehead atoms. The Morgan fingerprint density at radius 3 is 2.95 bits per heavy atom. The first-order valence-electron chi connectivity index (χ1n) is 6.84. The maximum atomic E-state index is 12.2. The van der Waals surface area contributed by atoms with Crippen LogP contribution < -0.4 is 5.32 Å². The van der Waals surface area contributed by atoms with Gasteiger partial charge < -0.3 is 9.84 Å². The second kappa shape index (κ2) is 7.26. The fraction of sp³-hybridized carbons (Fsp3) is 0.400. The van der Waals surface area contributed by atoms with Crippen molar-refractivity contribution in [2.24, 2.45) is 5.92 Å². The van der Waals surface area contributed by atoms with Gasteiger partial charge in [-0.3, -0.25) is 4.79 Å². The fourth-order valence-corrected chi connectivity index (χ4v) is 2.57. The number of hydrogen-bond donors (Lipinski definition) is 1. The Balaban J connectivity index is 2.04. The number of amides is 1. The molecule has 2 aromatic rings. The summed E-state index contributed by atoms with van der Waals surface area (Å²) in [6.45, 7) is 6.63. The molecule has 112 valence electrons. The van der Waals surface area contributed by atoms with Crippen molar-refractivity contribution >= 4 is 17.7 Å². The minimum Gasteiger partial charge on any atom is -0.361 e. The third kappa shape index (κ3) is 4.60. The number of thioether (sulfide) groups is 1. The fourth-order valence-electron chi connectivity index (χ4n) is 1.70. The summed E-state index contributed by atoms with van der Waals surface area (Å²) in [5.74, 6) is 1.73. The summed E-state index contributed by atoms with van der Waals surface area (Å²) < 4.78 is 5.03. The van der Waals surface area contributed by atoms with Crippen LogP contribution in [0, 0.1) is 12.8 Å². The lowest BCUT2D eigenvalue weighted by Gasteiger charge is -2.10. The molecule has 0 atom stereocenters. The van der Waals surface area contributed by atoms with Crippen LogP contribution in [0.25, 0.3) is 0 Å². The molecule has 2 aromatic heterocycles. The first kappa shape index (κ1) is 15.6. The van der Waals surface area contributed by atoms with Crippen molar-refractivity contribution in [1.29, 1.82) is 0 Å². The average Bonchev–Trinajstić information content (AvgIpc) is 2.88. The van der Waals surface area contributed by atoms with Gasteiger partial charge >= 0.3 is 0 Å². The van der Waals surface area contributed by atoms with Crippen molar-refractivity contribution in [2.75, 3.05) is 6.54 Å². The number of rotatable bonds is 6. The van der Waals surface area contributed by atoms with Gasteiger partial charge in [-0.15, -0.1) is 0 Å². The van der Waals surface area contributed by atoms with Gasteiger partial charge in [0, 0.05) is 24.6 Å². The zero-order valence-corrected chi connectivity index (χ0v) is 13.2. The number of nitrogens with zero attached hydrogens (tertiary/aromatic N) is 2. The minimum atomic E-state index is -0.0874. The van der Waals surface area contributed by atoms with Crippen molar-refractivity contribution < 1.29 is 9.32 Å². The Bertz CT molecular complexity index is 610. The predicted octanol–water partition coefficient (Wildman–Crippen LogP) is 3.06. The van der Waals surface area contributed by atoms with E-state index in [9.17, 15) is 4.79 Å². The molecule has 2 rings (SSSR count). The second-order valence-electron chi connectivity index (χ2n) is 5.18. The van der Waals surface area contributed by atoms with E-state index in [2.05, 4.69) is 29.3 Å². The molecule has 2 heterocycles. The number of carbonyl (C=O) groups excluding carboxylic acids is 1. The Morgan fingerprint density at radius 1 is 1.48 bits per heavy atom. The molecule has 0 radical (unpaired) electrons. The maximum absolute atomic E-state index is 12.2. The van der Waals surface area contributed by atoms with Gasteiger partial charge in [-0.1, -0.05) is 30.8 Å². The van der Waals surface area contributed by atoms with Crippen molar-refractivity contribution in [1.82, 2.24) is 15.5 Å². The van der Waals surface area contributed by atoms with Crippen LogP contribution in [0.3, 0.4) is 0 Å². The molecule has 1 amide bonds.